The molecule has 3 heteroatoms. The fourth-order valence-corrected chi connectivity index (χ4v) is 4.87. The normalized spacial score (nSPS) is 28.3. The van der Waals surface area contributed by atoms with E-state index in [0.717, 1.165) is 33.9 Å². The number of aliphatic hydroxyl groups is 1. The molecule has 4 unspecified atom stereocenters. The summed E-state index contributed by atoms with van der Waals surface area (Å²) in [4.78, 5) is 0. The van der Waals surface area contributed by atoms with Gasteiger partial charge in [-0.1, -0.05) is 43.9 Å². The van der Waals surface area contributed by atoms with E-state index in [2.05, 4.69) is 30.3 Å². The number of fused-ring (bicyclic) bond motifs is 2. The number of ether oxygens (including phenoxy) is 1. The zero-order valence-electron chi connectivity index (χ0n) is 15.8. The van der Waals surface area contributed by atoms with Crippen LogP contribution in [0.25, 0.3) is 10.8 Å². The lowest BCUT2D eigenvalue weighted by Gasteiger charge is -2.39. The van der Waals surface area contributed by atoms with E-state index in [1.54, 1.807) is 0 Å². The maximum atomic E-state index is 9.48. The van der Waals surface area contributed by atoms with Crippen LogP contribution in [-0.2, 0) is 5.54 Å². The third-order valence-electron chi connectivity index (χ3n) is 6.59. The first-order chi connectivity index (χ1) is 12.5. The Hall–Kier alpha value is -1.58. The van der Waals surface area contributed by atoms with Crippen LogP contribution in [-0.4, -0.2) is 17.8 Å². The van der Waals surface area contributed by atoms with Crippen LogP contribution in [0, 0.1) is 11.8 Å². The van der Waals surface area contributed by atoms with Crippen molar-refractivity contribution in [3.63, 3.8) is 0 Å². The quantitative estimate of drug-likeness (QED) is 0.834. The van der Waals surface area contributed by atoms with Crippen molar-refractivity contribution in [2.75, 3.05) is 6.61 Å². The fourth-order valence-electron chi connectivity index (χ4n) is 4.87. The minimum Gasteiger partial charge on any atom is -0.490 e. The number of hydrogen-bond acceptors (Lipinski definition) is 3. The van der Waals surface area contributed by atoms with Crippen LogP contribution in [0.2, 0.25) is 0 Å². The van der Waals surface area contributed by atoms with E-state index in [9.17, 15) is 5.11 Å². The van der Waals surface area contributed by atoms with Crippen LogP contribution in [0.1, 0.15) is 57.4 Å². The van der Waals surface area contributed by atoms with Gasteiger partial charge in [0.05, 0.1) is 18.2 Å². The lowest BCUT2D eigenvalue weighted by molar-refractivity contribution is 0.0648. The Kier molecular flexibility index (Phi) is 4.94. The molecule has 26 heavy (non-hydrogen) atoms. The number of rotatable bonds is 4. The smallest absolute Gasteiger partial charge is 0.120 e. The molecule has 2 aromatic rings. The molecule has 140 valence electrons. The van der Waals surface area contributed by atoms with Gasteiger partial charge in [0.25, 0.3) is 0 Å². The summed E-state index contributed by atoms with van der Waals surface area (Å²) in [7, 11) is 0. The zero-order chi connectivity index (χ0) is 18.1. The van der Waals surface area contributed by atoms with Gasteiger partial charge < -0.3 is 15.6 Å². The van der Waals surface area contributed by atoms with Gasteiger partial charge in [0.15, 0.2) is 0 Å². The van der Waals surface area contributed by atoms with E-state index in [1.807, 2.05) is 13.0 Å². The Morgan fingerprint density at radius 1 is 1.00 bits per heavy atom. The molecule has 3 nitrogen and oxygen atoms in total. The average Bonchev–Trinajstić information content (AvgIpc) is 2.67. The molecule has 0 heterocycles. The Bertz CT molecular complexity index is 770. The molecular weight excluding hydrogens is 322 g/mol. The van der Waals surface area contributed by atoms with Crippen molar-refractivity contribution in [1.29, 1.82) is 0 Å². The van der Waals surface area contributed by atoms with Gasteiger partial charge in [-0.05, 0) is 72.6 Å². The molecule has 0 aromatic heterocycles. The minimum atomic E-state index is -0.706. The van der Waals surface area contributed by atoms with Crippen molar-refractivity contribution in [3.8, 4) is 5.75 Å². The molecule has 4 rings (SSSR count). The number of hydrogen-bond donors (Lipinski definition) is 2. The van der Waals surface area contributed by atoms with Crippen molar-refractivity contribution in [2.24, 2.45) is 17.6 Å². The Labute approximate surface area is 156 Å². The summed E-state index contributed by atoms with van der Waals surface area (Å²) in [6.45, 7) is 1.79. The molecule has 0 bridgehead atoms. The van der Waals surface area contributed by atoms with E-state index in [-0.39, 0.29) is 6.61 Å². The maximum absolute atomic E-state index is 9.48. The molecule has 0 aliphatic heterocycles. The highest BCUT2D eigenvalue weighted by molar-refractivity contribution is 5.84. The molecule has 2 saturated carbocycles. The van der Waals surface area contributed by atoms with Crippen LogP contribution in [0.4, 0.5) is 0 Å². The van der Waals surface area contributed by atoms with Gasteiger partial charge in [-0.2, -0.15) is 0 Å². The van der Waals surface area contributed by atoms with Gasteiger partial charge in [-0.3, -0.25) is 0 Å². The largest absolute Gasteiger partial charge is 0.490 e. The lowest BCUT2D eigenvalue weighted by Crippen LogP contribution is -2.36. The van der Waals surface area contributed by atoms with Gasteiger partial charge in [0, 0.05) is 0 Å². The van der Waals surface area contributed by atoms with E-state index in [4.69, 9.17) is 10.5 Å². The molecule has 4 atom stereocenters. The fraction of sp³-hybridized carbons (Fsp3) is 0.565. The Morgan fingerprint density at radius 3 is 2.54 bits per heavy atom. The summed E-state index contributed by atoms with van der Waals surface area (Å²) in [6.07, 6.45) is 9.79. The summed E-state index contributed by atoms with van der Waals surface area (Å²) in [6, 6.07) is 12.5. The first-order valence-corrected chi connectivity index (χ1v) is 10.2. The van der Waals surface area contributed by atoms with Crippen molar-refractivity contribution >= 4 is 10.8 Å². The third kappa shape index (κ3) is 3.60. The first kappa shape index (κ1) is 17.8. The summed E-state index contributed by atoms with van der Waals surface area (Å²) in [5.74, 6) is 2.81. The van der Waals surface area contributed by atoms with Crippen LogP contribution >= 0.6 is 0 Å². The highest BCUT2D eigenvalue weighted by atomic mass is 16.5. The van der Waals surface area contributed by atoms with Crippen molar-refractivity contribution in [3.05, 3.63) is 42.0 Å². The second-order valence-electron chi connectivity index (χ2n) is 8.66. The third-order valence-corrected chi connectivity index (χ3v) is 6.59. The molecular formula is C23H31NO2. The van der Waals surface area contributed by atoms with Gasteiger partial charge in [-0.15, -0.1) is 0 Å². The molecule has 2 fully saturated rings. The molecule has 0 spiro atoms. The SMILES string of the molecule is CC(N)(CO)c1ccc2cc(OC3CCC4CCCCC4C3)ccc2c1. The van der Waals surface area contributed by atoms with E-state index >= 15 is 0 Å². The Morgan fingerprint density at radius 2 is 1.73 bits per heavy atom. The van der Waals surface area contributed by atoms with E-state index in [1.165, 1.54) is 44.9 Å². The molecule has 2 aliphatic rings. The van der Waals surface area contributed by atoms with Gasteiger partial charge in [-0.25, -0.2) is 0 Å². The molecule has 0 saturated heterocycles. The van der Waals surface area contributed by atoms with Gasteiger partial charge in [0.2, 0.25) is 0 Å². The lowest BCUT2D eigenvalue weighted by atomic mass is 9.70. The molecule has 0 radical (unpaired) electrons. The van der Waals surface area contributed by atoms with E-state index in [0.29, 0.717) is 6.10 Å². The summed E-state index contributed by atoms with van der Waals surface area (Å²) < 4.78 is 6.37. The monoisotopic (exact) mass is 353 g/mol. The highest BCUT2D eigenvalue weighted by Crippen LogP contribution is 2.41. The topological polar surface area (TPSA) is 55.5 Å². The number of benzene rings is 2. The van der Waals surface area contributed by atoms with Crippen LogP contribution in [0.3, 0.4) is 0 Å². The maximum Gasteiger partial charge on any atom is 0.120 e. The number of nitrogens with two attached hydrogens (primary N) is 1. The summed E-state index contributed by atoms with van der Waals surface area (Å²) in [5, 5.41) is 11.8. The average molecular weight is 354 g/mol. The molecule has 2 aromatic carbocycles. The number of aliphatic hydroxyl groups excluding tert-OH is 1. The molecule has 0 amide bonds. The molecule has 3 N–H and O–H groups in total. The summed E-state index contributed by atoms with van der Waals surface area (Å²) >= 11 is 0. The van der Waals surface area contributed by atoms with Crippen molar-refractivity contribution in [2.45, 2.75) is 63.5 Å². The van der Waals surface area contributed by atoms with Crippen molar-refractivity contribution < 1.29 is 9.84 Å². The van der Waals surface area contributed by atoms with Crippen LogP contribution in [0.5, 0.6) is 5.75 Å². The first-order valence-electron chi connectivity index (χ1n) is 10.2. The second-order valence-corrected chi connectivity index (χ2v) is 8.66. The van der Waals surface area contributed by atoms with Gasteiger partial charge >= 0.3 is 0 Å². The van der Waals surface area contributed by atoms with Crippen LogP contribution in [0.15, 0.2) is 36.4 Å². The highest BCUT2D eigenvalue weighted by Gasteiger charge is 2.33. The predicted molar refractivity (Wildman–Crippen MR) is 106 cm³/mol. The van der Waals surface area contributed by atoms with Gasteiger partial charge in [0.1, 0.15) is 5.75 Å². The molecule has 2 aliphatic carbocycles. The minimum absolute atomic E-state index is 0.0659. The predicted octanol–water partition coefficient (Wildman–Crippen LogP) is 4.74. The Balaban J connectivity index is 1.48. The second kappa shape index (κ2) is 7.21. The summed E-state index contributed by atoms with van der Waals surface area (Å²) in [5.41, 5.74) is 6.41. The standard InChI is InChI=1S/C23H31NO2/c1-23(24,15-25)20-9-6-19-14-22(11-8-18(19)12-20)26-21-10-7-16-4-2-3-5-17(16)13-21/h6,8-9,11-12,14,16-17,21,25H,2-5,7,10,13,15,24H2,1H3. The van der Waals surface area contributed by atoms with Crippen LogP contribution < -0.4 is 10.5 Å². The zero-order valence-corrected chi connectivity index (χ0v) is 15.8. The van der Waals surface area contributed by atoms with Crippen molar-refractivity contribution in [1.82, 2.24) is 0 Å². The van der Waals surface area contributed by atoms with E-state index < -0.39 is 5.54 Å².